The topological polar surface area (TPSA) is 46.2 Å². The van der Waals surface area contributed by atoms with Crippen molar-refractivity contribution in [2.75, 3.05) is 52.9 Å². The summed E-state index contributed by atoms with van der Waals surface area (Å²) in [4.78, 5) is 0. The highest BCUT2D eigenvalue weighted by atomic mass is 28.4. The van der Waals surface area contributed by atoms with E-state index < -0.39 is 8.32 Å². The van der Waals surface area contributed by atoms with Crippen molar-refractivity contribution < 1.29 is 23.4 Å². The smallest absolute Gasteiger partial charge is 0.192 e. The second-order valence-corrected chi connectivity index (χ2v) is 15.3. The molecule has 0 atom stereocenters. The number of benzene rings is 1. The third-order valence-electron chi connectivity index (χ3n) is 6.48. The minimum absolute atomic E-state index is 0.235. The molecular formula is C28H52O5Si. The van der Waals surface area contributed by atoms with Gasteiger partial charge >= 0.3 is 0 Å². The van der Waals surface area contributed by atoms with Crippen LogP contribution < -0.4 is 4.74 Å². The Morgan fingerprint density at radius 1 is 0.647 bits per heavy atom. The zero-order valence-electron chi connectivity index (χ0n) is 23.0. The van der Waals surface area contributed by atoms with E-state index in [9.17, 15) is 0 Å². The predicted octanol–water partition coefficient (Wildman–Crippen LogP) is 7.04. The van der Waals surface area contributed by atoms with E-state index in [4.69, 9.17) is 23.4 Å². The third-order valence-corrected chi connectivity index (χ3v) is 11.0. The molecule has 0 heterocycles. The first-order valence-electron chi connectivity index (χ1n) is 13.3. The van der Waals surface area contributed by atoms with Crippen LogP contribution in [0.3, 0.4) is 0 Å². The summed E-state index contributed by atoms with van der Waals surface area (Å²) in [5.41, 5.74) is 1.39. The van der Waals surface area contributed by atoms with Crippen LogP contribution in [0.1, 0.15) is 71.8 Å². The Hall–Kier alpha value is -0.923. The molecule has 0 bridgehead atoms. The summed E-state index contributed by atoms with van der Waals surface area (Å²) in [6.45, 7) is 18.2. The summed E-state index contributed by atoms with van der Waals surface area (Å²) in [7, 11) is -1.67. The molecule has 198 valence electrons. The zero-order chi connectivity index (χ0) is 25.1. The van der Waals surface area contributed by atoms with Crippen molar-refractivity contribution in [1.29, 1.82) is 0 Å². The molecule has 0 aromatic heterocycles. The Balaban J connectivity index is 1.91. The van der Waals surface area contributed by atoms with E-state index in [1.54, 1.807) is 0 Å². The standard InChI is InChI=1S/C28H52O5Si/c1-7-8-9-10-11-12-13-26-14-16-27(17-15-26)32-24-22-30-20-18-29-19-21-31-23-25-33-34(5,6)28(2,3)4/h14-17H,7-13,18-25H2,1-6H3. The molecular weight excluding hydrogens is 444 g/mol. The number of hydrogen-bond donors (Lipinski definition) is 0. The van der Waals surface area contributed by atoms with Gasteiger partial charge in [-0.3, -0.25) is 0 Å². The fraction of sp³-hybridized carbons (Fsp3) is 0.786. The Labute approximate surface area is 211 Å². The van der Waals surface area contributed by atoms with Gasteiger partial charge in [0, 0.05) is 0 Å². The molecule has 0 saturated heterocycles. The third kappa shape index (κ3) is 15.2. The van der Waals surface area contributed by atoms with E-state index in [0.29, 0.717) is 52.9 Å². The maximum atomic E-state index is 6.09. The minimum atomic E-state index is -1.67. The Morgan fingerprint density at radius 2 is 1.15 bits per heavy atom. The van der Waals surface area contributed by atoms with Crippen LogP contribution in [-0.2, 0) is 25.1 Å². The van der Waals surface area contributed by atoms with Gasteiger partial charge in [-0.05, 0) is 48.7 Å². The molecule has 1 aromatic rings. The first kappa shape index (κ1) is 31.1. The first-order valence-corrected chi connectivity index (χ1v) is 16.3. The van der Waals surface area contributed by atoms with Crippen LogP contribution in [0.25, 0.3) is 0 Å². The van der Waals surface area contributed by atoms with Gasteiger partial charge in [0.1, 0.15) is 12.4 Å². The molecule has 0 aliphatic heterocycles. The van der Waals surface area contributed by atoms with Crippen molar-refractivity contribution in [2.45, 2.75) is 90.8 Å². The largest absolute Gasteiger partial charge is 0.491 e. The average molecular weight is 497 g/mol. The molecule has 0 aliphatic carbocycles. The molecule has 0 spiro atoms. The van der Waals surface area contributed by atoms with Gasteiger partial charge in [0.2, 0.25) is 0 Å². The summed E-state index contributed by atoms with van der Waals surface area (Å²) in [6, 6.07) is 8.48. The summed E-state index contributed by atoms with van der Waals surface area (Å²) < 4.78 is 28.6. The molecule has 0 aliphatic rings. The lowest BCUT2D eigenvalue weighted by Crippen LogP contribution is -2.41. The van der Waals surface area contributed by atoms with E-state index >= 15 is 0 Å². The second kappa shape index (κ2) is 18.4. The number of aryl methyl sites for hydroxylation is 1. The second-order valence-electron chi connectivity index (χ2n) is 10.5. The van der Waals surface area contributed by atoms with Crippen LogP contribution in [0.4, 0.5) is 0 Å². The van der Waals surface area contributed by atoms with Gasteiger partial charge in [-0.25, -0.2) is 0 Å². The fourth-order valence-corrected chi connectivity index (χ4v) is 4.22. The zero-order valence-corrected chi connectivity index (χ0v) is 24.0. The van der Waals surface area contributed by atoms with E-state index in [1.165, 1.54) is 44.1 Å². The lowest BCUT2D eigenvalue weighted by Gasteiger charge is -2.36. The van der Waals surface area contributed by atoms with Gasteiger partial charge in [0.25, 0.3) is 0 Å². The van der Waals surface area contributed by atoms with Crippen molar-refractivity contribution in [3.05, 3.63) is 29.8 Å². The number of unbranched alkanes of at least 4 members (excludes halogenated alkanes) is 5. The van der Waals surface area contributed by atoms with Gasteiger partial charge < -0.3 is 23.4 Å². The number of hydrogen-bond acceptors (Lipinski definition) is 5. The van der Waals surface area contributed by atoms with Crippen molar-refractivity contribution in [3.8, 4) is 5.75 Å². The monoisotopic (exact) mass is 496 g/mol. The van der Waals surface area contributed by atoms with Crippen LogP contribution in [0.2, 0.25) is 18.1 Å². The molecule has 6 heteroatoms. The van der Waals surface area contributed by atoms with Crippen LogP contribution >= 0.6 is 0 Å². The van der Waals surface area contributed by atoms with Crippen molar-refractivity contribution in [1.82, 2.24) is 0 Å². The molecule has 0 N–H and O–H groups in total. The Kier molecular flexibility index (Phi) is 16.8. The minimum Gasteiger partial charge on any atom is -0.491 e. The van der Waals surface area contributed by atoms with Gasteiger partial charge in [-0.15, -0.1) is 0 Å². The molecule has 1 aromatic carbocycles. The number of ether oxygens (including phenoxy) is 4. The van der Waals surface area contributed by atoms with Crippen LogP contribution in [0.15, 0.2) is 24.3 Å². The van der Waals surface area contributed by atoms with Gasteiger partial charge in [0.15, 0.2) is 8.32 Å². The van der Waals surface area contributed by atoms with Gasteiger partial charge in [0.05, 0.1) is 46.2 Å². The van der Waals surface area contributed by atoms with E-state index in [-0.39, 0.29) is 5.04 Å². The van der Waals surface area contributed by atoms with Gasteiger partial charge in [-0.1, -0.05) is 71.9 Å². The molecule has 34 heavy (non-hydrogen) atoms. The Bertz CT molecular complexity index is 598. The van der Waals surface area contributed by atoms with E-state index in [0.717, 1.165) is 12.2 Å². The SMILES string of the molecule is CCCCCCCCc1ccc(OCCOCCOCCOCCO[Si](C)(C)C(C)(C)C)cc1. The van der Waals surface area contributed by atoms with Crippen molar-refractivity contribution in [2.24, 2.45) is 0 Å². The molecule has 0 unspecified atom stereocenters. The van der Waals surface area contributed by atoms with Crippen LogP contribution in [0.5, 0.6) is 5.75 Å². The van der Waals surface area contributed by atoms with E-state index in [2.05, 4.69) is 65.1 Å². The number of rotatable bonds is 21. The summed E-state index contributed by atoms with van der Waals surface area (Å²) in [5.74, 6) is 0.904. The summed E-state index contributed by atoms with van der Waals surface area (Å²) >= 11 is 0. The van der Waals surface area contributed by atoms with Gasteiger partial charge in [-0.2, -0.15) is 0 Å². The highest BCUT2D eigenvalue weighted by Gasteiger charge is 2.36. The molecule has 0 amide bonds. The predicted molar refractivity (Wildman–Crippen MR) is 145 cm³/mol. The van der Waals surface area contributed by atoms with E-state index in [1.807, 2.05) is 0 Å². The van der Waals surface area contributed by atoms with Crippen molar-refractivity contribution >= 4 is 8.32 Å². The fourth-order valence-electron chi connectivity index (χ4n) is 3.19. The summed E-state index contributed by atoms with van der Waals surface area (Å²) in [6.07, 6.45) is 9.18. The Morgan fingerprint density at radius 3 is 1.71 bits per heavy atom. The molecule has 5 nitrogen and oxygen atoms in total. The molecule has 0 radical (unpaired) electrons. The average Bonchev–Trinajstić information content (AvgIpc) is 2.79. The molecule has 0 saturated carbocycles. The quantitative estimate of drug-likeness (QED) is 0.135. The maximum Gasteiger partial charge on any atom is 0.192 e. The maximum absolute atomic E-state index is 6.09. The summed E-state index contributed by atoms with van der Waals surface area (Å²) in [5, 5.41) is 0.235. The highest BCUT2D eigenvalue weighted by Crippen LogP contribution is 2.36. The van der Waals surface area contributed by atoms with Crippen LogP contribution in [0, 0.1) is 0 Å². The normalized spacial score (nSPS) is 12.3. The lowest BCUT2D eigenvalue weighted by molar-refractivity contribution is 0.00431. The van der Waals surface area contributed by atoms with Crippen LogP contribution in [-0.4, -0.2) is 61.2 Å². The van der Waals surface area contributed by atoms with Crippen molar-refractivity contribution in [3.63, 3.8) is 0 Å². The highest BCUT2D eigenvalue weighted by molar-refractivity contribution is 6.74. The molecule has 1 rings (SSSR count). The molecule has 0 fully saturated rings. The lowest BCUT2D eigenvalue weighted by atomic mass is 10.0. The first-order chi connectivity index (χ1) is 16.3.